The van der Waals surface area contributed by atoms with Crippen LogP contribution in [-0.4, -0.2) is 55.4 Å². The Kier molecular flexibility index (Phi) is 3.17. The SMILES string of the molecule is CC1(C(=O)O)CCN(S(=O)(=O)C2CCOC2)C1. The zero-order valence-electron chi connectivity index (χ0n) is 9.76. The maximum atomic E-state index is 12.2. The van der Waals surface area contributed by atoms with E-state index in [9.17, 15) is 13.2 Å². The van der Waals surface area contributed by atoms with Gasteiger partial charge in [0.15, 0.2) is 0 Å². The van der Waals surface area contributed by atoms with Crippen LogP contribution < -0.4 is 0 Å². The van der Waals surface area contributed by atoms with Crippen molar-refractivity contribution in [3.8, 4) is 0 Å². The van der Waals surface area contributed by atoms with Crippen LogP contribution in [0.15, 0.2) is 0 Å². The fraction of sp³-hybridized carbons (Fsp3) is 0.900. The third-order valence-corrected chi connectivity index (χ3v) is 5.87. The Hall–Kier alpha value is -0.660. The first-order chi connectivity index (χ1) is 7.86. The third kappa shape index (κ3) is 2.19. The molecule has 0 aromatic carbocycles. The standard InChI is InChI=1S/C10H17NO5S/c1-10(9(12)13)3-4-11(7-10)17(14,15)8-2-5-16-6-8/h8H,2-7H2,1H3,(H,12,13). The van der Waals surface area contributed by atoms with Gasteiger partial charge < -0.3 is 9.84 Å². The second-order valence-corrected chi connectivity index (χ2v) is 7.19. The van der Waals surface area contributed by atoms with Gasteiger partial charge in [-0.05, 0) is 19.8 Å². The Morgan fingerprint density at radius 3 is 2.71 bits per heavy atom. The van der Waals surface area contributed by atoms with Crippen LogP contribution in [-0.2, 0) is 19.6 Å². The number of sulfonamides is 1. The molecule has 2 heterocycles. The van der Waals surface area contributed by atoms with Gasteiger partial charge in [-0.2, -0.15) is 0 Å². The average molecular weight is 263 g/mol. The fourth-order valence-electron chi connectivity index (χ4n) is 2.27. The van der Waals surface area contributed by atoms with E-state index in [0.29, 0.717) is 26.0 Å². The van der Waals surface area contributed by atoms with Crippen molar-refractivity contribution in [2.24, 2.45) is 5.41 Å². The summed E-state index contributed by atoms with van der Waals surface area (Å²) >= 11 is 0. The minimum atomic E-state index is -3.40. The molecule has 98 valence electrons. The van der Waals surface area contributed by atoms with Crippen molar-refractivity contribution < 1.29 is 23.1 Å². The molecule has 2 aliphatic heterocycles. The molecule has 0 bridgehead atoms. The molecule has 17 heavy (non-hydrogen) atoms. The maximum absolute atomic E-state index is 12.2. The van der Waals surface area contributed by atoms with Crippen molar-refractivity contribution in [3.63, 3.8) is 0 Å². The van der Waals surface area contributed by atoms with Gasteiger partial charge in [0, 0.05) is 19.7 Å². The summed E-state index contributed by atoms with van der Waals surface area (Å²) in [5.41, 5.74) is -0.952. The number of hydrogen-bond donors (Lipinski definition) is 1. The van der Waals surface area contributed by atoms with Crippen molar-refractivity contribution >= 4 is 16.0 Å². The van der Waals surface area contributed by atoms with E-state index in [-0.39, 0.29) is 13.2 Å². The molecule has 0 saturated carbocycles. The molecule has 0 aliphatic carbocycles. The van der Waals surface area contributed by atoms with E-state index in [0.717, 1.165) is 0 Å². The Morgan fingerprint density at radius 2 is 2.24 bits per heavy atom. The second-order valence-electron chi connectivity index (χ2n) is 4.98. The van der Waals surface area contributed by atoms with Crippen LogP contribution in [0.1, 0.15) is 19.8 Å². The highest BCUT2D eigenvalue weighted by Crippen LogP contribution is 2.33. The van der Waals surface area contributed by atoms with E-state index in [1.807, 2.05) is 0 Å². The molecule has 0 radical (unpaired) electrons. The number of carboxylic acid groups (broad SMARTS) is 1. The summed E-state index contributed by atoms with van der Waals surface area (Å²) in [5.74, 6) is -0.933. The Bertz CT molecular complexity index is 414. The van der Waals surface area contributed by atoms with E-state index in [1.165, 1.54) is 4.31 Å². The second kappa shape index (κ2) is 4.22. The van der Waals surface area contributed by atoms with E-state index in [2.05, 4.69) is 0 Å². The first-order valence-corrected chi connectivity index (χ1v) is 7.17. The van der Waals surface area contributed by atoms with Gasteiger partial charge in [0.25, 0.3) is 0 Å². The van der Waals surface area contributed by atoms with Gasteiger partial charge in [-0.3, -0.25) is 4.79 Å². The van der Waals surface area contributed by atoms with Gasteiger partial charge in [0.1, 0.15) is 5.25 Å². The minimum Gasteiger partial charge on any atom is -0.481 e. The average Bonchev–Trinajstić information content (AvgIpc) is 2.86. The Balaban J connectivity index is 2.12. The number of rotatable bonds is 3. The van der Waals surface area contributed by atoms with Gasteiger partial charge in [0.2, 0.25) is 10.0 Å². The van der Waals surface area contributed by atoms with Gasteiger partial charge in [-0.1, -0.05) is 0 Å². The molecule has 2 saturated heterocycles. The van der Waals surface area contributed by atoms with Crippen LogP contribution in [0.5, 0.6) is 0 Å². The summed E-state index contributed by atoms with van der Waals surface area (Å²) in [6, 6.07) is 0. The van der Waals surface area contributed by atoms with Crippen LogP contribution in [0.3, 0.4) is 0 Å². The van der Waals surface area contributed by atoms with Gasteiger partial charge in [0.05, 0.1) is 12.0 Å². The summed E-state index contributed by atoms with van der Waals surface area (Å²) in [5, 5.41) is 8.57. The topological polar surface area (TPSA) is 83.9 Å². The van der Waals surface area contributed by atoms with Crippen molar-refractivity contribution in [2.45, 2.75) is 25.0 Å². The molecular weight excluding hydrogens is 246 g/mol. The van der Waals surface area contributed by atoms with E-state index in [1.54, 1.807) is 6.92 Å². The van der Waals surface area contributed by atoms with Crippen molar-refractivity contribution in [2.75, 3.05) is 26.3 Å². The zero-order valence-corrected chi connectivity index (χ0v) is 10.6. The van der Waals surface area contributed by atoms with Crippen molar-refractivity contribution in [1.29, 1.82) is 0 Å². The smallest absolute Gasteiger partial charge is 0.310 e. The lowest BCUT2D eigenvalue weighted by atomic mass is 9.90. The molecule has 0 aromatic heterocycles. The third-order valence-electron chi connectivity index (χ3n) is 3.62. The summed E-state index contributed by atoms with van der Waals surface area (Å²) in [6.45, 7) is 2.65. The van der Waals surface area contributed by atoms with Crippen molar-refractivity contribution in [1.82, 2.24) is 4.31 Å². The predicted molar refractivity (Wildman–Crippen MR) is 60.1 cm³/mol. The zero-order chi connectivity index (χ0) is 12.7. The molecule has 1 N–H and O–H groups in total. The first-order valence-electron chi connectivity index (χ1n) is 5.66. The first kappa shape index (κ1) is 12.8. The lowest BCUT2D eigenvalue weighted by molar-refractivity contribution is -0.146. The number of nitrogens with zero attached hydrogens (tertiary/aromatic N) is 1. The fourth-order valence-corrected chi connectivity index (χ4v) is 4.16. The highest BCUT2D eigenvalue weighted by atomic mass is 32.2. The molecule has 2 rings (SSSR count). The summed E-state index contributed by atoms with van der Waals surface area (Å²) in [4.78, 5) is 11.1. The van der Waals surface area contributed by atoms with Crippen molar-refractivity contribution in [3.05, 3.63) is 0 Å². The quantitative estimate of drug-likeness (QED) is 0.768. The molecule has 0 aromatic rings. The number of aliphatic carboxylic acids is 1. The molecule has 0 amide bonds. The Morgan fingerprint density at radius 1 is 1.53 bits per heavy atom. The van der Waals surface area contributed by atoms with Crippen LogP contribution in [0, 0.1) is 5.41 Å². The van der Waals surface area contributed by atoms with Crippen LogP contribution in [0.25, 0.3) is 0 Å². The van der Waals surface area contributed by atoms with Gasteiger partial charge in [-0.15, -0.1) is 0 Å². The largest absolute Gasteiger partial charge is 0.481 e. The number of carboxylic acids is 1. The summed E-state index contributed by atoms with van der Waals surface area (Å²) in [6.07, 6.45) is 0.873. The summed E-state index contributed by atoms with van der Waals surface area (Å²) in [7, 11) is -3.40. The molecule has 2 aliphatic rings. The lowest BCUT2D eigenvalue weighted by Crippen LogP contribution is -2.40. The highest BCUT2D eigenvalue weighted by Gasteiger charge is 2.46. The minimum absolute atomic E-state index is 0.0706. The predicted octanol–water partition coefficient (Wildman–Crippen LogP) is -0.0983. The Labute approximate surface area is 101 Å². The monoisotopic (exact) mass is 263 g/mol. The van der Waals surface area contributed by atoms with Crippen LogP contribution in [0.4, 0.5) is 0 Å². The van der Waals surface area contributed by atoms with E-state index >= 15 is 0 Å². The molecule has 2 fully saturated rings. The van der Waals surface area contributed by atoms with E-state index < -0.39 is 26.7 Å². The normalized spacial score (nSPS) is 35.2. The van der Waals surface area contributed by atoms with Crippen LogP contribution in [0.2, 0.25) is 0 Å². The van der Waals surface area contributed by atoms with Gasteiger partial charge in [-0.25, -0.2) is 12.7 Å². The van der Waals surface area contributed by atoms with Gasteiger partial charge >= 0.3 is 5.97 Å². The van der Waals surface area contributed by atoms with Crippen LogP contribution >= 0.6 is 0 Å². The lowest BCUT2D eigenvalue weighted by Gasteiger charge is -2.22. The molecule has 7 heteroatoms. The molecule has 0 spiro atoms. The number of carbonyl (C=O) groups is 1. The molecule has 6 nitrogen and oxygen atoms in total. The molecule has 2 atom stereocenters. The molecular formula is C10H17NO5S. The maximum Gasteiger partial charge on any atom is 0.310 e. The molecule has 2 unspecified atom stereocenters. The number of hydrogen-bond acceptors (Lipinski definition) is 4. The number of ether oxygens (including phenoxy) is 1. The van der Waals surface area contributed by atoms with E-state index in [4.69, 9.17) is 9.84 Å². The highest BCUT2D eigenvalue weighted by molar-refractivity contribution is 7.89. The summed E-state index contributed by atoms with van der Waals surface area (Å²) < 4.78 is 30.8.